The molecule has 14 heavy (non-hydrogen) atoms. The van der Waals surface area contributed by atoms with Gasteiger partial charge in [-0.2, -0.15) is 0 Å². The van der Waals surface area contributed by atoms with E-state index in [-0.39, 0.29) is 5.78 Å². The first-order valence-corrected chi connectivity index (χ1v) is 4.79. The third-order valence-electron chi connectivity index (χ3n) is 2.22. The number of aromatic nitrogens is 2. The molecule has 0 spiro atoms. The zero-order chi connectivity index (χ0) is 10.9. The summed E-state index contributed by atoms with van der Waals surface area (Å²) in [6, 6.07) is 0. The summed E-state index contributed by atoms with van der Waals surface area (Å²) >= 11 is 0. The van der Waals surface area contributed by atoms with Crippen molar-refractivity contribution < 1.29 is 4.79 Å². The Morgan fingerprint density at radius 2 is 1.57 bits per heavy atom. The summed E-state index contributed by atoms with van der Waals surface area (Å²) in [6.45, 7) is 9.55. The van der Waals surface area contributed by atoms with Crippen LogP contribution in [0.1, 0.15) is 54.3 Å². The van der Waals surface area contributed by atoms with Crippen LogP contribution >= 0.6 is 0 Å². The minimum Gasteiger partial charge on any atom is -0.291 e. The number of hydrogen-bond donors (Lipinski definition) is 0. The van der Waals surface area contributed by atoms with E-state index in [2.05, 4.69) is 23.8 Å². The molecule has 0 amide bonds. The molecule has 0 fully saturated rings. The van der Waals surface area contributed by atoms with Crippen molar-refractivity contribution in [2.75, 3.05) is 0 Å². The lowest BCUT2D eigenvalue weighted by Gasteiger charge is -2.12. The van der Waals surface area contributed by atoms with Crippen LogP contribution in [-0.2, 0) is 0 Å². The molecule has 1 rings (SSSR count). The van der Waals surface area contributed by atoms with Crippen molar-refractivity contribution in [3.63, 3.8) is 0 Å². The van der Waals surface area contributed by atoms with Crippen LogP contribution < -0.4 is 0 Å². The van der Waals surface area contributed by atoms with Crippen LogP contribution in [0.25, 0.3) is 0 Å². The molecule has 3 nitrogen and oxygen atoms in total. The van der Waals surface area contributed by atoms with Gasteiger partial charge >= 0.3 is 0 Å². The monoisotopic (exact) mass is 192 g/mol. The lowest BCUT2D eigenvalue weighted by Crippen LogP contribution is -2.09. The van der Waals surface area contributed by atoms with Crippen LogP contribution in [0.15, 0.2) is 0 Å². The van der Waals surface area contributed by atoms with Crippen LogP contribution in [0.4, 0.5) is 0 Å². The highest BCUT2D eigenvalue weighted by Gasteiger charge is 2.13. The van der Waals surface area contributed by atoms with Gasteiger partial charge in [0.05, 0.1) is 0 Å². The maximum Gasteiger partial charge on any atom is 0.196 e. The Kier molecular flexibility index (Phi) is 2.99. The van der Waals surface area contributed by atoms with E-state index < -0.39 is 0 Å². The first kappa shape index (κ1) is 10.8. The van der Waals surface area contributed by atoms with E-state index in [1.54, 1.807) is 0 Å². The molecule has 0 saturated carbocycles. The fourth-order valence-electron chi connectivity index (χ4n) is 1.72. The average Bonchev–Trinajstić information content (AvgIpc) is 2.01. The fraction of sp³-hybridized carbons (Fsp3) is 0.545. The quantitative estimate of drug-likeness (QED) is 0.676. The molecule has 1 aromatic rings. The van der Waals surface area contributed by atoms with Crippen LogP contribution in [0.3, 0.4) is 0 Å². The van der Waals surface area contributed by atoms with E-state index in [0.29, 0.717) is 11.7 Å². The fourth-order valence-corrected chi connectivity index (χ4v) is 1.72. The number of carbonyl (C=O) groups excluding carboxylic acids is 1. The van der Waals surface area contributed by atoms with Crippen molar-refractivity contribution in [3.05, 3.63) is 22.8 Å². The van der Waals surface area contributed by atoms with Gasteiger partial charge in [-0.05, 0) is 25.3 Å². The van der Waals surface area contributed by atoms with Gasteiger partial charge in [0.1, 0.15) is 0 Å². The van der Waals surface area contributed by atoms with E-state index in [9.17, 15) is 4.79 Å². The third kappa shape index (κ3) is 1.97. The van der Waals surface area contributed by atoms with Gasteiger partial charge in [-0.15, -0.1) is 0 Å². The lowest BCUT2D eigenvalue weighted by atomic mass is 10.00. The predicted molar refractivity (Wildman–Crippen MR) is 55.6 cm³/mol. The van der Waals surface area contributed by atoms with E-state index in [0.717, 1.165) is 17.0 Å². The summed E-state index contributed by atoms with van der Waals surface area (Å²) in [7, 11) is 0. The van der Waals surface area contributed by atoms with Crippen molar-refractivity contribution in [2.45, 2.75) is 40.5 Å². The molecule has 0 bridgehead atoms. The molecule has 0 atom stereocenters. The Hall–Kier alpha value is -1.25. The molecule has 3 heteroatoms. The van der Waals surface area contributed by atoms with Crippen LogP contribution in [0.5, 0.6) is 0 Å². The molecule has 0 aromatic carbocycles. The van der Waals surface area contributed by atoms with E-state index >= 15 is 0 Å². The minimum atomic E-state index is -0.0773. The molecule has 76 valence electrons. The topological polar surface area (TPSA) is 42.9 Å². The molecule has 0 unspecified atom stereocenters. The Morgan fingerprint density at radius 1 is 1.14 bits per heavy atom. The summed E-state index contributed by atoms with van der Waals surface area (Å²) in [4.78, 5) is 19.5. The van der Waals surface area contributed by atoms with Crippen molar-refractivity contribution in [1.82, 2.24) is 9.97 Å². The molecule has 1 heterocycles. The lowest BCUT2D eigenvalue weighted by molar-refractivity contribution is 0.100. The van der Waals surface area contributed by atoms with Crippen molar-refractivity contribution in [2.24, 2.45) is 0 Å². The SMILES string of the molecule is CC(=O)c1nc(C)c(C(C)C)c(C)n1. The van der Waals surface area contributed by atoms with Gasteiger partial charge in [0.2, 0.25) is 0 Å². The molecular weight excluding hydrogens is 176 g/mol. The normalized spacial score (nSPS) is 10.7. The third-order valence-corrected chi connectivity index (χ3v) is 2.22. The average molecular weight is 192 g/mol. The van der Waals surface area contributed by atoms with Crippen LogP contribution in [0.2, 0.25) is 0 Å². The van der Waals surface area contributed by atoms with Gasteiger partial charge in [-0.1, -0.05) is 13.8 Å². The Morgan fingerprint density at radius 3 is 1.86 bits per heavy atom. The maximum absolute atomic E-state index is 11.1. The first-order chi connectivity index (χ1) is 6.43. The van der Waals surface area contributed by atoms with Gasteiger partial charge in [-0.25, -0.2) is 9.97 Å². The second-order valence-electron chi connectivity index (χ2n) is 3.84. The highest BCUT2D eigenvalue weighted by atomic mass is 16.1. The number of Topliss-reactive ketones (excluding diaryl/α,β-unsaturated/α-hetero) is 1. The van der Waals surface area contributed by atoms with Crippen LogP contribution in [0, 0.1) is 13.8 Å². The molecular formula is C11H16N2O. The second kappa shape index (κ2) is 3.86. The van der Waals surface area contributed by atoms with Gasteiger partial charge < -0.3 is 0 Å². The maximum atomic E-state index is 11.1. The highest BCUT2D eigenvalue weighted by Crippen LogP contribution is 2.20. The molecule has 0 aliphatic rings. The van der Waals surface area contributed by atoms with E-state index in [1.807, 2.05) is 13.8 Å². The van der Waals surface area contributed by atoms with E-state index in [4.69, 9.17) is 0 Å². The number of hydrogen-bond acceptors (Lipinski definition) is 3. The van der Waals surface area contributed by atoms with Crippen LogP contribution in [-0.4, -0.2) is 15.8 Å². The summed E-state index contributed by atoms with van der Waals surface area (Å²) in [5, 5.41) is 0. The van der Waals surface area contributed by atoms with Crippen molar-refractivity contribution >= 4 is 5.78 Å². The molecule has 0 N–H and O–H groups in total. The molecule has 0 radical (unpaired) electrons. The largest absolute Gasteiger partial charge is 0.291 e. The molecule has 1 aromatic heterocycles. The highest BCUT2D eigenvalue weighted by molar-refractivity contribution is 5.90. The summed E-state index contributed by atoms with van der Waals surface area (Å²) in [6.07, 6.45) is 0. The number of nitrogens with zero attached hydrogens (tertiary/aromatic N) is 2. The summed E-state index contributed by atoms with van der Waals surface area (Å²) < 4.78 is 0. The zero-order valence-electron chi connectivity index (χ0n) is 9.38. The Balaban J connectivity index is 3.32. The first-order valence-electron chi connectivity index (χ1n) is 4.79. The predicted octanol–water partition coefficient (Wildman–Crippen LogP) is 2.42. The standard InChI is InChI=1S/C11H16N2O/c1-6(2)10-7(3)12-11(9(5)14)13-8(10)4/h6H,1-5H3. The van der Waals surface area contributed by atoms with Gasteiger partial charge in [-0.3, -0.25) is 4.79 Å². The molecule has 0 aliphatic heterocycles. The second-order valence-corrected chi connectivity index (χ2v) is 3.84. The van der Waals surface area contributed by atoms with Crippen molar-refractivity contribution in [3.8, 4) is 0 Å². The molecule has 0 saturated heterocycles. The molecule has 0 aliphatic carbocycles. The van der Waals surface area contributed by atoms with Gasteiger partial charge in [0.15, 0.2) is 11.6 Å². The number of rotatable bonds is 2. The van der Waals surface area contributed by atoms with E-state index in [1.165, 1.54) is 6.92 Å². The minimum absolute atomic E-state index is 0.0773. The number of ketones is 1. The number of carbonyl (C=O) groups is 1. The summed E-state index contributed by atoms with van der Waals surface area (Å²) in [5.74, 6) is 0.645. The smallest absolute Gasteiger partial charge is 0.196 e. The number of aryl methyl sites for hydroxylation is 2. The van der Waals surface area contributed by atoms with Crippen molar-refractivity contribution in [1.29, 1.82) is 0 Å². The Labute approximate surface area is 84.6 Å². The van der Waals surface area contributed by atoms with Gasteiger partial charge in [0, 0.05) is 18.3 Å². The Bertz CT molecular complexity index is 347. The zero-order valence-corrected chi connectivity index (χ0v) is 9.38. The van der Waals surface area contributed by atoms with Gasteiger partial charge in [0.25, 0.3) is 0 Å². The summed E-state index contributed by atoms with van der Waals surface area (Å²) in [5.41, 5.74) is 2.98.